The summed E-state index contributed by atoms with van der Waals surface area (Å²) < 4.78 is 7.40. The molecule has 1 N–H and O–H groups in total. The third-order valence-corrected chi connectivity index (χ3v) is 6.73. The van der Waals surface area contributed by atoms with Crippen molar-refractivity contribution >= 4 is 17.7 Å². The number of carbonyl (C=O) groups excluding carboxylic acids is 1. The van der Waals surface area contributed by atoms with Crippen LogP contribution in [-0.2, 0) is 4.79 Å². The number of amides is 1. The largest absolute Gasteiger partial charge is 0.469 e. The highest BCUT2D eigenvalue weighted by Crippen LogP contribution is 2.33. The van der Waals surface area contributed by atoms with Crippen molar-refractivity contribution in [3.8, 4) is 23.1 Å². The van der Waals surface area contributed by atoms with E-state index in [0.717, 1.165) is 36.3 Å². The molecule has 7 nitrogen and oxygen atoms in total. The van der Waals surface area contributed by atoms with Gasteiger partial charge >= 0.3 is 0 Å². The van der Waals surface area contributed by atoms with Crippen molar-refractivity contribution < 1.29 is 9.21 Å². The van der Waals surface area contributed by atoms with E-state index in [1.807, 2.05) is 54.8 Å². The van der Waals surface area contributed by atoms with Gasteiger partial charge in [-0.15, -0.1) is 10.2 Å². The van der Waals surface area contributed by atoms with Crippen LogP contribution in [0.15, 0.2) is 52.2 Å². The Morgan fingerprint density at radius 1 is 1.23 bits per heavy atom. The van der Waals surface area contributed by atoms with Crippen molar-refractivity contribution in [1.29, 1.82) is 5.26 Å². The molecule has 0 radical (unpaired) electrons. The number of thioether (sulfide) groups is 1. The molecule has 2 heterocycles. The predicted molar refractivity (Wildman–Crippen MR) is 119 cm³/mol. The lowest BCUT2D eigenvalue weighted by atomic mass is 9.83. The Labute approximate surface area is 185 Å². The van der Waals surface area contributed by atoms with Crippen LogP contribution >= 0.6 is 11.8 Å². The number of carbonyl (C=O) groups is 1. The number of hydrogen-bond donors (Lipinski definition) is 1. The maximum Gasteiger partial charge on any atom is 0.234 e. The molecule has 1 fully saturated rings. The molecule has 1 saturated carbocycles. The molecule has 4 rings (SSSR count). The SMILES string of the molecule is Cc1occc1-c1nnc(SC(C)C(=O)NC2(C#N)CCCCC2)n1-c1ccccc1. The average molecular weight is 436 g/mol. The van der Waals surface area contributed by atoms with Gasteiger partial charge in [0.05, 0.1) is 23.1 Å². The molecule has 0 bridgehead atoms. The van der Waals surface area contributed by atoms with Crippen LogP contribution < -0.4 is 5.32 Å². The molecular weight excluding hydrogens is 410 g/mol. The van der Waals surface area contributed by atoms with Gasteiger partial charge < -0.3 is 9.73 Å². The summed E-state index contributed by atoms with van der Waals surface area (Å²) in [6, 6.07) is 14.0. The zero-order chi connectivity index (χ0) is 21.8. The molecule has 0 aliphatic heterocycles. The van der Waals surface area contributed by atoms with Crippen LogP contribution in [0.4, 0.5) is 0 Å². The van der Waals surface area contributed by atoms with Crippen LogP contribution in [0.1, 0.15) is 44.8 Å². The van der Waals surface area contributed by atoms with Gasteiger partial charge in [0.2, 0.25) is 5.91 Å². The molecule has 0 spiro atoms. The number of aryl methyl sites for hydroxylation is 1. The van der Waals surface area contributed by atoms with Gasteiger partial charge in [-0.05, 0) is 44.9 Å². The van der Waals surface area contributed by atoms with Gasteiger partial charge in [0.25, 0.3) is 0 Å². The summed E-state index contributed by atoms with van der Waals surface area (Å²) in [5.41, 5.74) is 1.00. The summed E-state index contributed by atoms with van der Waals surface area (Å²) in [5, 5.41) is 21.7. The number of nitriles is 1. The van der Waals surface area contributed by atoms with E-state index in [9.17, 15) is 10.1 Å². The quantitative estimate of drug-likeness (QED) is 0.566. The topological polar surface area (TPSA) is 96.7 Å². The van der Waals surface area contributed by atoms with Crippen molar-refractivity contribution in [2.75, 3.05) is 0 Å². The first-order chi connectivity index (χ1) is 15.0. The van der Waals surface area contributed by atoms with Crippen molar-refractivity contribution in [2.24, 2.45) is 0 Å². The minimum atomic E-state index is -0.754. The summed E-state index contributed by atoms with van der Waals surface area (Å²) in [4.78, 5) is 13.0. The molecule has 1 amide bonds. The predicted octanol–water partition coefficient (Wildman–Crippen LogP) is 4.66. The number of nitrogens with one attached hydrogen (secondary N) is 1. The van der Waals surface area contributed by atoms with Crippen molar-refractivity contribution in [1.82, 2.24) is 20.1 Å². The highest BCUT2D eigenvalue weighted by Gasteiger charge is 2.35. The lowest BCUT2D eigenvalue weighted by molar-refractivity contribution is -0.121. The maximum atomic E-state index is 13.0. The van der Waals surface area contributed by atoms with Crippen LogP contribution in [0.25, 0.3) is 17.1 Å². The Kier molecular flexibility index (Phi) is 6.14. The van der Waals surface area contributed by atoms with Crippen LogP contribution in [0.5, 0.6) is 0 Å². The van der Waals surface area contributed by atoms with Crippen molar-refractivity contribution in [3.63, 3.8) is 0 Å². The molecule has 1 aromatic carbocycles. The standard InChI is InChI=1S/C23H25N5O2S/c1-16-19(11-14-30-16)20-26-27-22(28(20)18-9-5-3-6-10-18)31-17(2)21(29)25-23(15-24)12-7-4-8-13-23/h3,5-6,9-11,14,17H,4,7-8,12-13H2,1-2H3,(H,25,29). The smallest absolute Gasteiger partial charge is 0.234 e. The van der Waals surface area contributed by atoms with Gasteiger partial charge in [0.15, 0.2) is 11.0 Å². The van der Waals surface area contributed by atoms with Gasteiger partial charge in [0.1, 0.15) is 11.3 Å². The van der Waals surface area contributed by atoms with E-state index >= 15 is 0 Å². The fraction of sp³-hybridized carbons (Fsp3) is 0.391. The fourth-order valence-electron chi connectivity index (χ4n) is 3.92. The van der Waals surface area contributed by atoms with Gasteiger partial charge in [0, 0.05) is 5.69 Å². The summed E-state index contributed by atoms with van der Waals surface area (Å²) in [5.74, 6) is 1.26. The maximum absolute atomic E-state index is 13.0. The van der Waals surface area contributed by atoms with Gasteiger partial charge in [-0.25, -0.2) is 0 Å². The van der Waals surface area contributed by atoms with E-state index in [-0.39, 0.29) is 5.91 Å². The number of hydrogen-bond acceptors (Lipinski definition) is 6. The Morgan fingerprint density at radius 2 is 1.97 bits per heavy atom. The lowest BCUT2D eigenvalue weighted by Gasteiger charge is -2.32. The van der Waals surface area contributed by atoms with Crippen molar-refractivity contribution in [2.45, 2.75) is 61.9 Å². The molecule has 31 heavy (non-hydrogen) atoms. The molecule has 8 heteroatoms. The van der Waals surface area contributed by atoms with Crippen LogP contribution in [0, 0.1) is 18.3 Å². The second kappa shape index (κ2) is 8.98. The number of aromatic nitrogens is 3. The third-order valence-electron chi connectivity index (χ3n) is 5.68. The number of furan rings is 1. The monoisotopic (exact) mass is 435 g/mol. The molecule has 3 aromatic rings. The Balaban J connectivity index is 1.61. The zero-order valence-electron chi connectivity index (χ0n) is 17.7. The molecule has 1 unspecified atom stereocenters. The van der Waals surface area contributed by atoms with E-state index in [1.165, 1.54) is 11.8 Å². The van der Waals surface area contributed by atoms with Gasteiger partial charge in [-0.2, -0.15) is 5.26 Å². The molecule has 160 valence electrons. The first-order valence-corrected chi connectivity index (χ1v) is 11.4. The highest BCUT2D eigenvalue weighted by molar-refractivity contribution is 8.00. The second-order valence-corrected chi connectivity index (χ2v) is 9.18. The van der Waals surface area contributed by atoms with Gasteiger partial charge in [-0.1, -0.05) is 49.2 Å². The summed E-state index contributed by atoms with van der Waals surface area (Å²) >= 11 is 1.33. The van der Waals surface area contributed by atoms with Crippen molar-refractivity contribution in [3.05, 3.63) is 48.4 Å². The average Bonchev–Trinajstić information content (AvgIpc) is 3.40. The number of nitrogens with zero attached hydrogens (tertiary/aromatic N) is 4. The van der Waals surface area contributed by atoms with E-state index in [1.54, 1.807) is 6.26 Å². The minimum absolute atomic E-state index is 0.155. The zero-order valence-corrected chi connectivity index (χ0v) is 18.5. The van der Waals surface area contributed by atoms with E-state index < -0.39 is 10.8 Å². The number of para-hydroxylation sites is 1. The molecular formula is C23H25N5O2S. The van der Waals surface area contributed by atoms with Crippen LogP contribution in [-0.4, -0.2) is 31.5 Å². The fourth-order valence-corrected chi connectivity index (χ4v) is 4.78. The highest BCUT2D eigenvalue weighted by atomic mass is 32.2. The number of benzene rings is 1. The Hall–Kier alpha value is -3.05. The molecule has 1 atom stereocenters. The number of rotatable bonds is 6. The molecule has 0 saturated heterocycles. The first kappa shape index (κ1) is 21.2. The van der Waals surface area contributed by atoms with E-state index in [0.29, 0.717) is 23.8 Å². The first-order valence-electron chi connectivity index (χ1n) is 10.5. The van der Waals surface area contributed by atoms with E-state index in [4.69, 9.17) is 4.42 Å². The summed E-state index contributed by atoms with van der Waals surface area (Å²) in [7, 11) is 0. The van der Waals surface area contributed by atoms with Crippen LogP contribution in [0.2, 0.25) is 0 Å². The third kappa shape index (κ3) is 4.37. The van der Waals surface area contributed by atoms with Gasteiger partial charge in [-0.3, -0.25) is 9.36 Å². The van der Waals surface area contributed by atoms with Crippen LogP contribution in [0.3, 0.4) is 0 Å². The lowest BCUT2D eigenvalue weighted by Crippen LogP contribution is -2.50. The normalized spacial score (nSPS) is 16.4. The summed E-state index contributed by atoms with van der Waals surface area (Å²) in [6.45, 7) is 3.72. The summed E-state index contributed by atoms with van der Waals surface area (Å²) in [6.07, 6.45) is 6.08. The molecule has 2 aromatic heterocycles. The Morgan fingerprint density at radius 3 is 2.61 bits per heavy atom. The Bertz CT molecular complexity index is 1090. The van der Waals surface area contributed by atoms with E-state index in [2.05, 4.69) is 21.6 Å². The minimum Gasteiger partial charge on any atom is -0.469 e. The molecule has 1 aliphatic rings. The molecule has 1 aliphatic carbocycles. The second-order valence-electron chi connectivity index (χ2n) is 7.87.